The Bertz CT molecular complexity index is 2080. The smallest absolute Gasteiger partial charge is 0.164 e. The van der Waals surface area contributed by atoms with E-state index in [1.807, 2.05) is 0 Å². The average molecular weight is 540 g/mol. The number of fused-ring (bicyclic) bond motifs is 5. The summed E-state index contributed by atoms with van der Waals surface area (Å²) in [7, 11) is 0. The van der Waals surface area contributed by atoms with Crippen LogP contribution in [0.2, 0.25) is 0 Å². The highest BCUT2D eigenvalue weighted by molar-refractivity contribution is 5.97. The maximum Gasteiger partial charge on any atom is 0.164 e. The predicted octanol–water partition coefficient (Wildman–Crippen LogP) is 9.79. The Kier molecular flexibility index (Phi) is 5.39. The van der Waals surface area contributed by atoms with E-state index in [0.29, 0.717) is 17.5 Å². The van der Waals surface area contributed by atoms with E-state index >= 15 is 0 Å². The lowest BCUT2D eigenvalue weighted by Gasteiger charge is -2.22. The summed E-state index contributed by atoms with van der Waals surface area (Å²) >= 11 is 0. The second-order valence-corrected chi connectivity index (χ2v) is 11.8. The lowest BCUT2D eigenvalue weighted by molar-refractivity contribution is 0.660. The van der Waals surface area contributed by atoms with E-state index < -0.39 is 0 Å². The van der Waals surface area contributed by atoms with Crippen LogP contribution in [0, 0.1) is 6.92 Å². The van der Waals surface area contributed by atoms with Gasteiger partial charge in [-0.2, -0.15) is 0 Å². The van der Waals surface area contributed by atoms with Crippen molar-refractivity contribution in [2.45, 2.75) is 26.2 Å². The molecule has 0 spiro atoms. The molecule has 7 aromatic rings. The highest BCUT2D eigenvalue weighted by Crippen LogP contribution is 2.49. The predicted molar refractivity (Wildman–Crippen MR) is 173 cm³/mol. The molecular weight excluding hydrogens is 510 g/mol. The summed E-state index contributed by atoms with van der Waals surface area (Å²) < 4.78 is 0. The first-order valence-electron chi connectivity index (χ1n) is 14.5. The topological polar surface area (TPSA) is 38.7 Å². The molecule has 3 nitrogen and oxygen atoms in total. The largest absolute Gasteiger partial charge is 0.208 e. The zero-order valence-corrected chi connectivity index (χ0v) is 23.9. The standard InChI is InChI=1S/C39H29N3/c1-24-18-20-30-31-21-19-27(23-35(31)39(2,3)34(30)22-24)36-40-37(32-16-8-12-25-10-4-6-14-28(25)32)42-38(41-36)33-17-9-13-26-11-5-7-15-29(26)33/h4-23H,1-3H3. The van der Waals surface area contributed by atoms with E-state index in [0.717, 1.165) is 38.2 Å². The molecule has 3 heteroatoms. The van der Waals surface area contributed by atoms with Gasteiger partial charge in [0, 0.05) is 22.1 Å². The quantitative estimate of drug-likeness (QED) is 0.224. The van der Waals surface area contributed by atoms with Gasteiger partial charge in [0.25, 0.3) is 0 Å². The van der Waals surface area contributed by atoms with Crippen molar-refractivity contribution >= 4 is 21.5 Å². The summed E-state index contributed by atoms with van der Waals surface area (Å²) in [6.45, 7) is 6.80. The number of aryl methyl sites for hydroxylation is 1. The lowest BCUT2D eigenvalue weighted by atomic mass is 9.81. The van der Waals surface area contributed by atoms with Crippen LogP contribution in [-0.4, -0.2) is 15.0 Å². The molecule has 200 valence electrons. The number of benzene rings is 6. The van der Waals surface area contributed by atoms with Gasteiger partial charge in [-0.25, -0.2) is 15.0 Å². The highest BCUT2D eigenvalue weighted by Gasteiger charge is 2.35. The first-order chi connectivity index (χ1) is 20.5. The maximum absolute atomic E-state index is 5.14. The van der Waals surface area contributed by atoms with Crippen molar-refractivity contribution in [3.63, 3.8) is 0 Å². The monoisotopic (exact) mass is 539 g/mol. The molecule has 0 atom stereocenters. The van der Waals surface area contributed by atoms with E-state index in [-0.39, 0.29) is 5.41 Å². The first-order valence-corrected chi connectivity index (χ1v) is 14.5. The van der Waals surface area contributed by atoms with Gasteiger partial charge >= 0.3 is 0 Å². The van der Waals surface area contributed by atoms with Crippen LogP contribution in [0.4, 0.5) is 0 Å². The van der Waals surface area contributed by atoms with Crippen LogP contribution in [0.3, 0.4) is 0 Å². The Morgan fingerprint density at radius 3 is 1.57 bits per heavy atom. The van der Waals surface area contributed by atoms with Crippen LogP contribution in [-0.2, 0) is 5.41 Å². The molecule has 6 aromatic carbocycles. The van der Waals surface area contributed by atoms with Crippen LogP contribution >= 0.6 is 0 Å². The zero-order chi connectivity index (χ0) is 28.4. The van der Waals surface area contributed by atoms with Gasteiger partial charge in [-0.05, 0) is 56.8 Å². The lowest BCUT2D eigenvalue weighted by Crippen LogP contribution is -2.15. The molecular formula is C39H29N3. The maximum atomic E-state index is 5.14. The molecule has 42 heavy (non-hydrogen) atoms. The molecule has 0 saturated heterocycles. The normalized spacial score (nSPS) is 13.3. The molecule has 8 rings (SSSR count). The van der Waals surface area contributed by atoms with Crippen molar-refractivity contribution in [3.05, 3.63) is 138 Å². The van der Waals surface area contributed by atoms with Crippen LogP contribution in [0.1, 0.15) is 30.5 Å². The van der Waals surface area contributed by atoms with Gasteiger partial charge < -0.3 is 0 Å². The number of hydrogen-bond acceptors (Lipinski definition) is 3. The van der Waals surface area contributed by atoms with Gasteiger partial charge in [0.2, 0.25) is 0 Å². The van der Waals surface area contributed by atoms with Gasteiger partial charge in [0.1, 0.15) is 0 Å². The fraction of sp³-hybridized carbons (Fsp3) is 0.103. The van der Waals surface area contributed by atoms with E-state index in [1.54, 1.807) is 0 Å². The molecule has 1 heterocycles. The molecule has 0 bridgehead atoms. The fourth-order valence-corrected chi connectivity index (χ4v) is 6.58. The van der Waals surface area contributed by atoms with Crippen molar-refractivity contribution in [2.24, 2.45) is 0 Å². The Morgan fingerprint density at radius 2 is 0.952 bits per heavy atom. The number of hydrogen-bond donors (Lipinski definition) is 0. The van der Waals surface area contributed by atoms with E-state index in [9.17, 15) is 0 Å². The molecule has 1 aliphatic carbocycles. The van der Waals surface area contributed by atoms with Gasteiger partial charge in [-0.3, -0.25) is 0 Å². The summed E-state index contributed by atoms with van der Waals surface area (Å²) in [4.78, 5) is 15.4. The molecule has 0 amide bonds. The zero-order valence-electron chi connectivity index (χ0n) is 23.9. The summed E-state index contributed by atoms with van der Waals surface area (Å²) in [5.41, 5.74) is 9.45. The molecule has 0 unspecified atom stereocenters. The van der Waals surface area contributed by atoms with Gasteiger partial charge in [0.05, 0.1) is 0 Å². The molecule has 0 aliphatic heterocycles. The second-order valence-electron chi connectivity index (χ2n) is 11.8. The molecule has 0 N–H and O–H groups in total. The highest BCUT2D eigenvalue weighted by atomic mass is 15.0. The minimum absolute atomic E-state index is 0.114. The first kappa shape index (κ1) is 24.6. The van der Waals surface area contributed by atoms with E-state index in [1.165, 1.54) is 27.8 Å². The minimum Gasteiger partial charge on any atom is -0.208 e. The van der Waals surface area contributed by atoms with Crippen LogP contribution < -0.4 is 0 Å². The SMILES string of the molecule is Cc1ccc2c(c1)C(C)(C)c1cc(-c3nc(-c4cccc5ccccc45)nc(-c4cccc5ccccc45)n3)ccc1-2. The summed E-state index contributed by atoms with van der Waals surface area (Å²) in [5.74, 6) is 2.04. The molecule has 1 aromatic heterocycles. The van der Waals surface area contributed by atoms with Crippen LogP contribution in [0.15, 0.2) is 121 Å². The summed E-state index contributed by atoms with van der Waals surface area (Å²) in [6, 6.07) is 43.0. The summed E-state index contributed by atoms with van der Waals surface area (Å²) in [6.07, 6.45) is 0. The Balaban J connectivity index is 1.37. The third-order valence-electron chi connectivity index (χ3n) is 8.79. The number of nitrogens with zero attached hydrogens (tertiary/aromatic N) is 3. The average Bonchev–Trinajstić information content (AvgIpc) is 3.25. The Hall–Kier alpha value is -5.15. The van der Waals surface area contributed by atoms with Crippen LogP contribution in [0.25, 0.3) is 66.8 Å². The van der Waals surface area contributed by atoms with Gasteiger partial charge in [-0.15, -0.1) is 0 Å². The third-order valence-corrected chi connectivity index (χ3v) is 8.79. The van der Waals surface area contributed by atoms with Crippen molar-refractivity contribution in [3.8, 4) is 45.3 Å². The molecule has 0 saturated carbocycles. The fourth-order valence-electron chi connectivity index (χ4n) is 6.58. The van der Waals surface area contributed by atoms with Crippen LogP contribution in [0.5, 0.6) is 0 Å². The van der Waals surface area contributed by atoms with Crippen molar-refractivity contribution < 1.29 is 0 Å². The van der Waals surface area contributed by atoms with E-state index in [4.69, 9.17) is 15.0 Å². The molecule has 0 fully saturated rings. The summed E-state index contributed by atoms with van der Waals surface area (Å²) in [5, 5.41) is 4.58. The Morgan fingerprint density at radius 1 is 0.452 bits per heavy atom. The third kappa shape index (κ3) is 3.77. The van der Waals surface area contributed by atoms with Gasteiger partial charge in [0.15, 0.2) is 17.5 Å². The molecule has 0 radical (unpaired) electrons. The van der Waals surface area contributed by atoms with Crippen molar-refractivity contribution in [1.29, 1.82) is 0 Å². The van der Waals surface area contributed by atoms with E-state index in [2.05, 4.69) is 142 Å². The second kappa shape index (κ2) is 9.19. The number of aromatic nitrogens is 3. The minimum atomic E-state index is -0.114. The number of rotatable bonds is 3. The Labute approximate surface area is 245 Å². The van der Waals surface area contributed by atoms with Crippen molar-refractivity contribution in [2.75, 3.05) is 0 Å². The molecule has 1 aliphatic rings. The van der Waals surface area contributed by atoms with Crippen molar-refractivity contribution in [1.82, 2.24) is 15.0 Å². The van der Waals surface area contributed by atoms with Gasteiger partial charge in [-0.1, -0.05) is 135 Å².